The molecule has 0 amide bonds. The van der Waals surface area contributed by atoms with Crippen LogP contribution in [0.5, 0.6) is 0 Å². The van der Waals surface area contributed by atoms with Crippen molar-refractivity contribution < 1.29 is 4.79 Å². The number of carbonyl (C=O) groups is 1. The molecule has 0 N–H and O–H groups in total. The van der Waals surface area contributed by atoms with Crippen molar-refractivity contribution in [2.45, 2.75) is 6.42 Å². The Labute approximate surface area is 87.7 Å². The summed E-state index contributed by atoms with van der Waals surface area (Å²) in [5.74, 6) is 0. The highest BCUT2D eigenvalue weighted by molar-refractivity contribution is 6.30. The molecule has 0 aliphatic heterocycles. The molecular formula is C12H9ClO. The standard InChI is InChI=1S/C12H9ClO/c13-11-5-6-12(10(7-11)8-14)9-3-1-2-4-9/h1-3,5-8H,4H2. The normalized spacial score (nSPS) is 14.2. The van der Waals surface area contributed by atoms with Gasteiger partial charge >= 0.3 is 0 Å². The van der Waals surface area contributed by atoms with E-state index in [2.05, 4.69) is 6.08 Å². The van der Waals surface area contributed by atoms with Gasteiger partial charge in [-0.15, -0.1) is 0 Å². The Morgan fingerprint density at radius 1 is 1.36 bits per heavy atom. The van der Waals surface area contributed by atoms with Crippen molar-refractivity contribution in [3.05, 3.63) is 52.6 Å². The van der Waals surface area contributed by atoms with E-state index in [1.165, 1.54) is 5.57 Å². The molecule has 70 valence electrons. The molecular weight excluding hydrogens is 196 g/mol. The Bertz CT molecular complexity index is 430. The lowest BCUT2D eigenvalue weighted by Crippen LogP contribution is -1.90. The van der Waals surface area contributed by atoms with Crippen LogP contribution in [0.3, 0.4) is 0 Å². The highest BCUT2D eigenvalue weighted by Gasteiger charge is 2.08. The quantitative estimate of drug-likeness (QED) is 0.674. The Hall–Kier alpha value is -1.34. The van der Waals surface area contributed by atoms with Crippen LogP contribution in [0.2, 0.25) is 5.02 Å². The fourth-order valence-corrected chi connectivity index (χ4v) is 1.75. The highest BCUT2D eigenvalue weighted by Crippen LogP contribution is 2.27. The van der Waals surface area contributed by atoms with Crippen molar-refractivity contribution in [3.63, 3.8) is 0 Å². The van der Waals surface area contributed by atoms with Crippen LogP contribution in [0.25, 0.3) is 5.57 Å². The van der Waals surface area contributed by atoms with Crippen LogP contribution in [0.15, 0.2) is 36.4 Å². The molecule has 0 radical (unpaired) electrons. The monoisotopic (exact) mass is 204 g/mol. The lowest BCUT2D eigenvalue weighted by atomic mass is 10.00. The number of halogens is 1. The van der Waals surface area contributed by atoms with Crippen molar-refractivity contribution in [1.29, 1.82) is 0 Å². The van der Waals surface area contributed by atoms with Crippen molar-refractivity contribution >= 4 is 23.5 Å². The molecule has 0 saturated carbocycles. The van der Waals surface area contributed by atoms with Gasteiger partial charge in [0.05, 0.1) is 0 Å². The molecule has 14 heavy (non-hydrogen) atoms. The first-order valence-electron chi connectivity index (χ1n) is 4.42. The molecule has 0 aromatic heterocycles. The SMILES string of the molecule is O=Cc1cc(Cl)ccc1C1=CC=CC1. The zero-order chi connectivity index (χ0) is 9.97. The van der Waals surface area contributed by atoms with Gasteiger partial charge in [-0.2, -0.15) is 0 Å². The summed E-state index contributed by atoms with van der Waals surface area (Å²) < 4.78 is 0. The molecule has 0 atom stereocenters. The predicted molar refractivity (Wildman–Crippen MR) is 58.6 cm³/mol. The zero-order valence-corrected chi connectivity index (χ0v) is 8.29. The average molecular weight is 205 g/mol. The topological polar surface area (TPSA) is 17.1 Å². The van der Waals surface area contributed by atoms with Crippen LogP contribution in [-0.4, -0.2) is 6.29 Å². The minimum absolute atomic E-state index is 0.599. The lowest BCUT2D eigenvalue weighted by Gasteiger charge is -2.05. The Morgan fingerprint density at radius 3 is 2.86 bits per heavy atom. The Balaban J connectivity index is 2.47. The van der Waals surface area contributed by atoms with Crippen LogP contribution in [0, 0.1) is 0 Å². The van der Waals surface area contributed by atoms with E-state index in [1.807, 2.05) is 24.3 Å². The highest BCUT2D eigenvalue weighted by atomic mass is 35.5. The maximum absolute atomic E-state index is 10.8. The summed E-state index contributed by atoms with van der Waals surface area (Å²) >= 11 is 5.81. The van der Waals surface area contributed by atoms with Crippen LogP contribution in [-0.2, 0) is 0 Å². The van der Waals surface area contributed by atoms with E-state index in [4.69, 9.17) is 11.6 Å². The van der Waals surface area contributed by atoms with Crippen LogP contribution in [0.1, 0.15) is 22.3 Å². The molecule has 0 unspecified atom stereocenters. The number of rotatable bonds is 2. The van der Waals surface area contributed by atoms with Gasteiger partial charge in [-0.3, -0.25) is 4.79 Å². The molecule has 2 rings (SSSR count). The third-order valence-corrected chi connectivity index (χ3v) is 2.49. The summed E-state index contributed by atoms with van der Waals surface area (Å²) in [4.78, 5) is 10.8. The third kappa shape index (κ3) is 1.64. The second-order valence-electron chi connectivity index (χ2n) is 3.17. The molecule has 1 aliphatic carbocycles. The summed E-state index contributed by atoms with van der Waals surface area (Å²) in [6.45, 7) is 0. The van der Waals surface area contributed by atoms with E-state index in [0.717, 1.165) is 18.3 Å². The van der Waals surface area contributed by atoms with Gasteiger partial charge in [-0.1, -0.05) is 35.9 Å². The van der Waals surface area contributed by atoms with Gasteiger partial charge in [0.1, 0.15) is 0 Å². The molecule has 2 heteroatoms. The van der Waals surface area contributed by atoms with Crippen LogP contribution >= 0.6 is 11.6 Å². The first kappa shape index (κ1) is 9.22. The molecule has 1 aromatic carbocycles. The molecule has 0 fully saturated rings. The van der Waals surface area contributed by atoms with Crippen molar-refractivity contribution in [1.82, 2.24) is 0 Å². The molecule has 0 heterocycles. The number of hydrogen-bond acceptors (Lipinski definition) is 1. The van der Waals surface area contributed by atoms with Gasteiger partial charge in [0.2, 0.25) is 0 Å². The number of benzene rings is 1. The molecule has 0 bridgehead atoms. The van der Waals surface area contributed by atoms with E-state index in [1.54, 1.807) is 6.07 Å². The summed E-state index contributed by atoms with van der Waals surface area (Å²) in [5.41, 5.74) is 2.81. The summed E-state index contributed by atoms with van der Waals surface area (Å²) in [5, 5.41) is 0.599. The third-order valence-electron chi connectivity index (χ3n) is 2.26. The minimum Gasteiger partial charge on any atom is -0.298 e. The van der Waals surface area contributed by atoms with E-state index in [0.29, 0.717) is 10.6 Å². The fraction of sp³-hybridized carbons (Fsp3) is 0.0833. The van der Waals surface area contributed by atoms with E-state index in [9.17, 15) is 4.79 Å². The minimum atomic E-state index is 0.599. The molecule has 0 saturated heterocycles. The zero-order valence-electron chi connectivity index (χ0n) is 7.53. The van der Waals surface area contributed by atoms with Gasteiger partial charge in [-0.05, 0) is 29.7 Å². The van der Waals surface area contributed by atoms with Gasteiger partial charge in [0, 0.05) is 10.6 Å². The molecule has 1 aliphatic rings. The summed E-state index contributed by atoms with van der Waals surface area (Å²) in [6.07, 6.45) is 7.83. The summed E-state index contributed by atoms with van der Waals surface area (Å²) in [6, 6.07) is 5.40. The van der Waals surface area contributed by atoms with Gasteiger partial charge in [0.25, 0.3) is 0 Å². The maximum atomic E-state index is 10.8. The molecule has 1 aromatic rings. The first-order valence-corrected chi connectivity index (χ1v) is 4.80. The molecule has 0 spiro atoms. The second-order valence-corrected chi connectivity index (χ2v) is 3.61. The van der Waals surface area contributed by atoms with Crippen LogP contribution < -0.4 is 0 Å². The molecule has 1 nitrogen and oxygen atoms in total. The second kappa shape index (κ2) is 3.81. The first-order chi connectivity index (χ1) is 6.81. The van der Waals surface area contributed by atoms with E-state index in [-0.39, 0.29) is 0 Å². The Morgan fingerprint density at radius 2 is 2.21 bits per heavy atom. The van der Waals surface area contributed by atoms with Crippen molar-refractivity contribution in [3.8, 4) is 0 Å². The van der Waals surface area contributed by atoms with Gasteiger partial charge in [0.15, 0.2) is 6.29 Å². The number of aldehydes is 1. The predicted octanol–water partition coefficient (Wildman–Crippen LogP) is 3.50. The summed E-state index contributed by atoms with van der Waals surface area (Å²) in [7, 11) is 0. The fourth-order valence-electron chi connectivity index (χ4n) is 1.57. The van der Waals surface area contributed by atoms with Crippen molar-refractivity contribution in [2.24, 2.45) is 0 Å². The number of hydrogen-bond donors (Lipinski definition) is 0. The average Bonchev–Trinajstić information content (AvgIpc) is 2.70. The lowest BCUT2D eigenvalue weighted by molar-refractivity contribution is 0.112. The number of allylic oxidation sites excluding steroid dienone is 4. The number of carbonyl (C=O) groups excluding carboxylic acids is 1. The smallest absolute Gasteiger partial charge is 0.150 e. The van der Waals surface area contributed by atoms with E-state index >= 15 is 0 Å². The van der Waals surface area contributed by atoms with Crippen LogP contribution in [0.4, 0.5) is 0 Å². The van der Waals surface area contributed by atoms with E-state index < -0.39 is 0 Å². The van der Waals surface area contributed by atoms with Gasteiger partial charge in [-0.25, -0.2) is 0 Å². The maximum Gasteiger partial charge on any atom is 0.150 e. The largest absolute Gasteiger partial charge is 0.298 e. The Kier molecular flexibility index (Phi) is 2.51. The van der Waals surface area contributed by atoms with Crippen molar-refractivity contribution in [2.75, 3.05) is 0 Å². The van der Waals surface area contributed by atoms with Gasteiger partial charge < -0.3 is 0 Å².